The zero-order valence-electron chi connectivity index (χ0n) is 12.2. The number of hydrogen-bond donors (Lipinski definition) is 0. The van der Waals surface area contributed by atoms with Gasteiger partial charge < -0.3 is 14.4 Å². The van der Waals surface area contributed by atoms with Crippen LogP contribution in [0.25, 0.3) is 0 Å². The normalized spacial score (nSPS) is 34.1. The van der Waals surface area contributed by atoms with E-state index in [1.54, 1.807) is 12.1 Å². The second-order valence-corrected chi connectivity index (χ2v) is 6.35. The first-order valence-corrected chi connectivity index (χ1v) is 7.56. The topological polar surface area (TPSA) is 55.8 Å². The highest BCUT2D eigenvalue weighted by Gasteiger charge is 2.67. The summed E-state index contributed by atoms with van der Waals surface area (Å²) < 4.78 is 24.4. The Labute approximate surface area is 136 Å². The van der Waals surface area contributed by atoms with Gasteiger partial charge in [0.05, 0.1) is 30.7 Å². The summed E-state index contributed by atoms with van der Waals surface area (Å²) in [5.41, 5.74) is -0.457. The molecule has 1 aromatic rings. The van der Waals surface area contributed by atoms with Crippen LogP contribution in [0.15, 0.2) is 30.4 Å². The van der Waals surface area contributed by atoms with Gasteiger partial charge in [-0.05, 0) is 18.2 Å². The average Bonchev–Trinajstić information content (AvgIpc) is 3.18. The number of halogens is 2. The summed E-state index contributed by atoms with van der Waals surface area (Å²) in [5, 5.41) is -0.0109. The summed E-state index contributed by atoms with van der Waals surface area (Å²) in [6.45, 7) is 0.234. The lowest BCUT2D eigenvalue weighted by Crippen LogP contribution is -2.39. The van der Waals surface area contributed by atoms with E-state index in [1.807, 2.05) is 6.08 Å². The molecule has 1 aromatic carbocycles. The monoisotopic (exact) mass is 337 g/mol. The molecule has 3 aliphatic heterocycles. The van der Waals surface area contributed by atoms with Crippen molar-refractivity contribution in [3.8, 4) is 0 Å². The smallest absolute Gasteiger partial charge is 0.312 e. The maximum absolute atomic E-state index is 13.7. The molecule has 0 aromatic heterocycles. The second kappa shape index (κ2) is 4.79. The van der Waals surface area contributed by atoms with Gasteiger partial charge >= 0.3 is 5.97 Å². The van der Waals surface area contributed by atoms with Crippen LogP contribution in [0.1, 0.15) is 0 Å². The van der Waals surface area contributed by atoms with Crippen molar-refractivity contribution in [3.63, 3.8) is 0 Å². The van der Waals surface area contributed by atoms with Gasteiger partial charge in [-0.25, -0.2) is 4.39 Å². The molecule has 120 valence electrons. The van der Waals surface area contributed by atoms with Gasteiger partial charge in [0.2, 0.25) is 5.91 Å². The van der Waals surface area contributed by atoms with Gasteiger partial charge in [-0.3, -0.25) is 9.59 Å². The molecule has 3 heterocycles. The van der Waals surface area contributed by atoms with Crippen molar-refractivity contribution in [1.29, 1.82) is 0 Å². The fourth-order valence-electron chi connectivity index (χ4n) is 3.77. The van der Waals surface area contributed by atoms with Gasteiger partial charge in [0.25, 0.3) is 0 Å². The molecule has 2 bridgehead atoms. The van der Waals surface area contributed by atoms with Crippen LogP contribution < -0.4 is 4.90 Å². The Morgan fingerprint density at radius 3 is 3.00 bits per heavy atom. The molecule has 0 saturated carbocycles. The minimum atomic E-state index is -0.850. The quantitative estimate of drug-likeness (QED) is 0.611. The minimum absolute atomic E-state index is 0.0109. The molecule has 1 spiro atoms. The first-order valence-electron chi connectivity index (χ1n) is 7.18. The fourth-order valence-corrected chi connectivity index (χ4v) is 3.89. The van der Waals surface area contributed by atoms with Crippen LogP contribution >= 0.6 is 11.6 Å². The molecule has 5 nitrogen and oxygen atoms in total. The second-order valence-electron chi connectivity index (χ2n) is 5.95. The number of rotatable bonds is 2. The van der Waals surface area contributed by atoms with E-state index >= 15 is 0 Å². The summed E-state index contributed by atoms with van der Waals surface area (Å²) in [5.74, 6) is -2.65. The van der Waals surface area contributed by atoms with E-state index in [4.69, 9.17) is 21.1 Å². The van der Waals surface area contributed by atoms with Crippen LogP contribution in [0.3, 0.4) is 0 Å². The standard InChI is InChI=1S/C16H13ClFNO4/c1-22-15(21)12-11-4-5-16(23-11)7-19(14(20)13(12)16)8-2-3-9(17)10(18)6-8/h2-6,11-13H,7H2,1H3/t11-,12-,13-,16+/m1/s1. The third-order valence-corrected chi connectivity index (χ3v) is 5.10. The molecule has 3 aliphatic rings. The maximum Gasteiger partial charge on any atom is 0.312 e. The minimum Gasteiger partial charge on any atom is -0.469 e. The third kappa shape index (κ3) is 1.88. The zero-order chi connectivity index (χ0) is 16.4. The molecule has 2 fully saturated rings. The number of ether oxygens (including phenoxy) is 2. The predicted octanol–water partition coefficient (Wildman–Crippen LogP) is 1.94. The maximum atomic E-state index is 13.7. The average molecular weight is 338 g/mol. The van der Waals surface area contributed by atoms with E-state index in [2.05, 4.69) is 0 Å². The number of fused-ring (bicyclic) bond motifs is 1. The number of carbonyl (C=O) groups is 2. The first-order chi connectivity index (χ1) is 11.0. The summed E-state index contributed by atoms with van der Waals surface area (Å²) in [6.07, 6.45) is 3.17. The zero-order valence-corrected chi connectivity index (χ0v) is 12.9. The van der Waals surface area contributed by atoms with Gasteiger partial charge in [-0.15, -0.1) is 0 Å². The number of amides is 1. The van der Waals surface area contributed by atoms with E-state index in [-0.39, 0.29) is 17.5 Å². The van der Waals surface area contributed by atoms with Crippen LogP contribution in [0.5, 0.6) is 0 Å². The number of methoxy groups -OCH3 is 1. The molecule has 2 saturated heterocycles. The van der Waals surface area contributed by atoms with Gasteiger partial charge in [0.15, 0.2) is 0 Å². The lowest BCUT2D eigenvalue weighted by atomic mass is 9.77. The number of hydrogen-bond acceptors (Lipinski definition) is 4. The molecule has 1 amide bonds. The molecular formula is C16H13ClFNO4. The predicted molar refractivity (Wildman–Crippen MR) is 79.5 cm³/mol. The molecule has 4 atom stereocenters. The van der Waals surface area contributed by atoms with Crippen LogP contribution in [-0.4, -0.2) is 37.2 Å². The van der Waals surface area contributed by atoms with Gasteiger partial charge in [-0.1, -0.05) is 23.8 Å². The molecule has 4 rings (SSSR count). The number of nitrogens with zero attached hydrogens (tertiary/aromatic N) is 1. The number of anilines is 1. The Balaban J connectivity index is 1.73. The van der Waals surface area contributed by atoms with Crippen molar-refractivity contribution in [2.45, 2.75) is 11.7 Å². The van der Waals surface area contributed by atoms with Crippen LogP contribution in [0, 0.1) is 17.7 Å². The van der Waals surface area contributed by atoms with Crippen molar-refractivity contribution in [3.05, 3.63) is 41.2 Å². The van der Waals surface area contributed by atoms with Crippen molar-refractivity contribution in [2.24, 2.45) is 11.8 Å². The highest BCUT2D eigenvalue weighted by Crippen LogP contribution is 2.52. The Morgan fingerprint density at radius 1 is 1.52 bits per heavy atom. The largest absolute Gasteiger partial charge is 0.469 e. The lowest BCUT2D eigenvalue weighted by Gasteiger charge is -2.22. The molecule has 0 N–H and O–H groups in total. The summed E-state index contributed by atoms with van der Waals surface area (Å²) in [7, 11) is 1.29. The van der Waals surface area contributed by atoms with Crippen molar-refractivity contribution >= 4 is 29.2 Å². The van der Waals surface area contributed by atoms with E-state index in [1.165, 1.54) is 24.1 Å². The number of benzene rings is 1. The Bertz CT molecular complexity index is 752. The van der Waals surface area contributed by atoms with E-state index in [9.17, 15) is 14.0 Å². The van der Waals surface area contributed by atoms with Crippen molar-refractivity contribution in [2.75, 3.05) is 18.6 Å². The van der Waals surface area contributed by atoms with Crippen molar-refractivity contribution < 1.29 is 23.5 Å². The molecule has 0 unspecified atom stereocenters. The van der Waals surface area contributed by atoms with Crippen LogP contribution in [0.4, 0.5) is 10.1 Å². The summed E-state index contributed by atoms with van der Waals surface area (Å²) >= 11 is 5.69. The Kier molecular flexibility index (Phi) is 3.05. The SMILES string of the molecule is COC(=O)[C@@H]1[C@H]2C=C[C@@]3(CN(c4ccc(Cl)c(F)c4)C(=O)[C@@H]13)O2. The highest BCUT2D eigenvalue weighted by molar-refractivity contribution is 6.30. The number of esters is 1. The summed E-state index contributed by atoms with van der Waals surface area (Å²) in [6, 6.07) is 4.18. The molecule has 0 radical (unpaired) electrons. The van der Waals surface area contributed by atoms with Gasteiger partial charge in [0.1, 0.15) is 17.3 Å². The van der Waals surface area contributed by atoms with Crippen LogP contribution in [-0.2, 0) is 19.1 Å². The molecule has 0 aliphatic carbocycles. The Hall–Kier alpha value is -1.92. The van der Waals surface area contributed by atoms with E-state index in [0.29, 0.717) is 5.69 Å². The van der Waals surface area contributed by atoms with Crippen molar-refractivity contribution in [1.82, 2.24) is 0 Å². The van der Waals surface area contributed by atoms with E-state index in [0.717, 1.165) is 0 Å². The van der Waals surface area contributed by atoms with Gasteiger partial charge in [0, 0.05) is 5.69 Å². The molecule has 23 heavy (non-hydrogen) atoms. The lowest BCUT2D eigenvalue weighted by molar-refractivity contribution is -0.149. The summed E-state index contributed by atoms with van der Waals surface area (Å²) in [4.78, 5) is 26.3. The van der Waals surface area contributed by atoms with E-state index < -0.39 is 35.3 Å². The fraction of sp³-hybridized carbons (Fsp3) is 0.375. The molecule has 7 heteroatoms. The first kappa shape index (κ1) is 14.7. The Morgan fingerprint density at radius 2 is 2.30 bits per heavy atom. The van der Waals surface area contributed by atoms with Gasteiger partial charge in [-0.2, -0.15) is 0 Å². The van der Waals surface area contributed by atoms with Crippen LogP contribution in [0.2, 0.25) is 5.02 Å². The third-order valence-electron chi connectivity index (χ3n) is 4.79. The number of carbonyl (C=O) groups excluding carboxylic acids is 2. The molecular weight excluding hydrogens is 325 g/mol. The highest BCUT2D eigenvalue weighted by atomic mass is 35.5.